The Morgan fingerprint density at radius 1 is 1.35 bits per heavy atom. The number of rotatable bonds is 2. The van der Waals surface area contributed by atoms with Crippen LogP contribution in [0.2, 0.25) is 0 Å². The van der Waals surface area contributed by atoms with Crippen LogP contribution in [0.4, 0.5) is 0 Å². The van der Waals surface area contributed by atoms with Crippen molar-refractivity contribution in [2.24, 2.45) is 0 Å². The quantitative estimate of drug-likeness (QED) is 0.796. The molecule has 0 saturated carbocycles. The maximum absolute atomic E-state index is 11.4. The molecule has 1 aromatic rings. The molecule has 1 fully saturated rings. The molecule has 1 aliphatic rings. The second kappa shape index (κ2) is 5.32. The van der Waals surface area contributed by atoms with Crippen LogP contribution < -0.4 is 5.32 Å². The van der Waals surface area contributed by atoms with Crippen molar-refractivity contribution in [1.29, 1.82) is 0 Å². The van der Waals surface area contributed by atoms with Gasteiger partial charge in [-0.15, -0.1) is 0 Å². The van der Waals surface area contributed by atoms with Gasteiger partial charge in [-0.25, -0.2) is 4.79 Å². The largest absolute Gasteiger partial charge is 0.465 e. The number of nitrogens with one attached hydrogen (secondary N) is 1. The van der Waals surface area contributed by atoms with Crippen LogP contribution in [0.15, 0.2) is 18.2 Å². The number of hydrogen-bond donors (Lipinski definition) is 1. The number of carbonyl (C=O) groups excluding carboxylic acids is 1. The summed E-state index contributed by atoms with van der Waals surface area (Å²) >= 11 is 0. The van der Waals surface area contributed by atoms with Crippen molar-refractivity contribution in [3.05, 3.63) is 34.9 Å². The minimum atomic E-state index is -0.259. The summed E-state index contributed by atoms with van der Waals surface area (Å²) in [6.45, 7) is 4.25. The molecule has 92 valence electrons. The van der Waals surface area contributed by atoms with E-state index in [1.54, 1.807) is 0 Å². The lowest BCUT2D eigenvalue weighted by atomic mass is 9.87. The molecular weight excluding hydrogens is 214 g/mol. The predicted octanol–water partition coefficient (Wildman–Crippen LogP) is 2.25. The number of methoxy groups -OCH3 is 1. The first-order valence-electron chi connectivity index (χ1n) is 6.12. The summed E-state index contributed by atoms with van der Waals surface area (Å²) in [7, 11) is 1.42. The average molecular weight is 233 g/mol. The number of benzene rings is 1. The van der Waals surface area contributed by atoms with Gasteiger partial charge in [-0.1, -0.05) is 6.07 Å². The molecule has 0 bridgehead atoms. The summed E-state index contributed by atoms with van der Waals surface area (Å²) in [5.74, 6) is 0.368. The van der Waals surface area contributed by atoms with Crippen LogP contribution in [0.3, 0.4) is 0 Å². The van der Waals surface area contributed by atoms with Crippen LogP contribution in [0.5, 0.6) is 0 Å². The van der Waals surface area contributed by atoms with Gasteiger partial charge in [0.2, 0.25) is 0 Å². The minimum absolute atomic E-state index is 0.259. The molecule has 0 amide bonds. The van der Waals surface area contributed by atoms with E-state index < -0.39 is 0 Å². The molecular formula is C14H19NO2. The van der Waals surface area contributed by atoms with Gasteiger partial charge in [0.15, 0.2) is 0 Å². The number of ether oxygens (including phenoxy) is 1. The van der Waals surface area contributed by atoms with E-state index in [1.807, 2.05) is 12.1 Å². The summed E-state index contributed by atoms with van der Waals surface area (Å²) < 4.78 is 4.73. The zero-order valence-corrected chi connectivity index (χ0v) is 10.5. The maximum Gasteiger partial charge on any atom is 0.337 e. The molecule has 1 aliphatic heterocycles. The van der Waals surface area contributed by atoms with E-state index >= 15 is 0 Å². The number of aryl methyl sites for hydroxylation is 1. The van der Waals surface area contributed by atoms with E-state index in [0.717, 1.165) is 13.1 Å². The van der Waals surface area contributed by atoms with Crippen molar-refractivity contribution in [2.45, 2.75) is 25.7 Å². The highest BCUT2D eigenvalue weighted by molar-refractivity contribution is 5.89. The highest BCUT2D eigenvalue weighted by atomic mass is 16.5. The molecule has 0 atom stereocenters. The summed E-state index contributed by atoms with van der Waals surface area (Å²) in [5, 5.41) is 3.37. The molecule has 3 heteroatoms. The van der Waals surface area contributed by atoms with E-state index in [9.17, 15) is 4.79 Å². The van der Waals surface area contributed by atoms with E-state index in [2.05, 4.69) is 18.3 Å². The van der Waals surface area contributed by atoms with Gasteiger partial charge >= 0.3 is 5.97 Å². The van der Waals surface area contributed by atoms with Crippen molar-refractivity contribution < 1.29 is 9.53 Å². The Hall–Kier alpha value is -1.35. The van der Waals surface area contributed by atoms with Gasteiger partial charge in [0, 0.05) is 0 Å². The summed E-state index contributed by atoms with van der Waals surface area (Å²) in [4.78, 5) is 11.4. The number of hydrogen-bond acceptors (Lipinski definition) is 3. The van der Waals surface area contributed by atoms with Crippen molar-refractivity contribution in [2.75, 3.05) is 20.2 Å². The Bertz CT molecular complexity index is 409. The number of piperidine rings is 1. The molecule has 2 rings (SSSR count). The Labute approximate surface area is 102 Å². The molecule has 0 aromatic heterocycles. The van der Waals surface area contributed by atoms with Gasteiger partial charge in [0.05, 0.1) is 12.7 Å². The molecule has 0 aliphatic carbocycles. The lowest BCUT2D eigenvalue weighted by Crippen LogP contribution is -2.27. The summed E-state index contributed by atoms with van der Waals surface area (Å²) in [5.41, 5.74) is 3.21. The SMILES string of the molecule is COC(=O)c1ccc(C2CCNCC2)c(C)c1. The van der Waals surface area contributed by atoms with Crippen molar-refractivity contribution in [3.63, 3.8) is 0 Å². The summed E-state index contributed by atoms with van der Waals surface area (Å²) in [6, 6.07) is 5.89. The zero-order valence-electron chi connectivity index (χ0n) is 10.5. The molecule has 1 aromatic carbocycles. The number of carbonyl (C=O) groups is 1. The molecule has 1 N–H and O–H groups in total. The monoisotopic (exact) mass is 233 g/mol. The second-order valence-corrected chi connectivity index (χ2v) is 4.59. The lowest BCUT2D eigenvalue weighted by Gasteiger charge is -2.24. The Kier molecular flexibility index (Phi) is 3.79. The molecule has 0 unspecified atom stereocenters. The minimum Gasteiger partial charge on any atom is -0.465 e. The maximum atomic E-state index is 11.4. The molecule has 3 nitrogen and oxygen atoms in total. The third-order valence-corrected chi connectivity index (χ3v) is 3.47. The Balaban J connectivity index is 2.21. The molecule has 0 radical (unpaired) electrons. The first-order chi connectivity index (χ1) is 8.22. The highest BCUT2D eigenvalue weighted by Gasteiger charge is 2.17. The zero-order chi connectivity index (χ0) is 12.3. The fourth-order valence-electron chi connectivity index (χ4n) is 2.51. The Morgan fingerprint density at radius 3 is 2.65 bits per heavy atom. The van der Waals surface area contributed by atoms with Crippen molar-refractivity contribution in [3.8, 4) is 0 Å². The van der Waals surface area contributed by atoms with Gasteiger partial charge in [0.25, 0.3) is 0 Å². The van der Waals surface area contributed by atoms with Gasteiger partial charge in [-0.2, -0.15) is 0 Å². The van der Waals surface area contributed by atoms with E-state index in [1.165, 1.54) is 31.1 Å². The van der Waals surface area contributed by atoms with E-state index in [4.69, 9.17) is 4.74 Å². The number of esters is 1. The normalized spacial score (nSPS) is 16.8. The highest BCUT2D eigenvalue weighted by Crippen LogP contribution is 2.28. The Morgan fingerprint density at radius 2 is 2.06 bits per heavy atom. The molecule has 1 saturated heterocycles. The third-order valence-electron chi connectivity index (χ3n) is 3.47. The van der Waals surface area contributed by atoms with E-state index in [0.29, 0.717) is 11.5 Å². The van der Waals surface area contributed by atoms with E-state index in [-0.39, 0.29) is 5.97 Å². The average Bonchev–Trinajstić information content (AvgIpc) is 2.38. The third kappa shape index (κ3) is 2.67. The first kappa shape index (κ1) is 12.1. The summed E-state index contributed by atoms with van der Waals surface area (Å²) in [6.07, 6.45) is 2.36. The van der Waals surface area contributed by atoms with Crippen molar-refractivity contribution >= 4 is 5.97 Å². The second-order valence-electron chi connectivity index (χ2n) is 4.59. The lowest BCUT2D eigenvalue weighted by molar-refractivity contribution is 0.0600. The van der Waals surface area contributed by atoms with Gasteiger partial charge in [-0.05, 0) is 62.0 Å². The fourth-order valence-corrected chi connectivity index (χ4v) is 2.51. The topological polar surface area (TPSA) is 38.3 Å². The van der Waals surface area contributed by atoms with Crippen molar-refractivity contribution in [1.82, 2.24) is 5.32 Å². The van der Waals surface area contributed by atoms with Crippen LogP contribution in [0, 0.1) is 6.92 Å². The first-order valence-corrected chi connectivity index (χ1v) is 6.12. The van der Waals surface area contributed by atoms with Gasteiger partial charge in [0.1, 0.15) is 0 Å². The predicted molar refractivity (Wildman–Crippen MR) is 67.4 cm³/mol. The van der Waals surface area contributed by atoms with Gasteiger partial charge in [-0.3, -0.25) is 0 Å². The standard InChI is InChI=1S/C14H19NO2/c1-10-9-12(14(16)17-2)3-4-13(10)11-5-7-15-8-6-11/h3-4,9,11,15H,5-8H2,1-2H3. The van der Waals surface area contributed by atoms with Crippen LogP contribution in [-0.4, -0.2) is 26.2 Å². The van der Waals surface area contributed by atoms with Crippen LogP contribution in [-0.2, 0) is 4.74 Å². The molecule has 17 heavy (non-hydrogen) atoms. The molecule has 1 heterocycles. The van der Waals surface area contributed by atoms with Gasteiger partial charge < -0.3 is 10.1 Å². The van der Waals surface area contributed by atoms with Crippen LogP contribution in [0.1, 0.15) is 40.2 Å². The van der Waals surface area contributed by atoms with Crippen LogP contribution in [0.25, 0.3) is 0 Å². The molecule has 0 spiro atoms. The fraction of sp³-hybridized carbons (Fsp3) is 0.500. The van der Waals surface area contributed by atoms with Crippen LogP contribution >= 0.6 is 0 Å². The smallest absolute Gasteiger partial charge is 0.337 e.